The van der Waals surface area contributed by atoms with Gasteiger partial charge in [-0.3, -0.25) is 16.2 Å². The molecule has 0 saturated carbocycles. The number of nitrogens with zero attached hydrogens (tertiary/aromatic N) is 1. The van der Waals surface area contributed by atoms with Crippen molar-refractivity contribution >= 4 is 0 Å². The molecular weight excluding hydrogens is 246 g/mol. The van der Waals surface area contributed by atoms with Crippen LogP contribution in [0.2, 0.25) is 0 Å². The van der Waals surface area contributed by atoms with Gasteiger partial charge in [0.2, 0.25) is 0 Å². The van der Waals surface area contributed by atoms with Gasteiger partial charge in [-0.25, -0.2) is 0 Å². The maximum Gasteiger partial charge on any atom is 0.0638 e. The third-order valence-electron chi connectivity index (χ3n) is 5.25. The number of hydrazine groups is 1. The summed E-state index contributed by atoms with van der Waals surface area (Å²) in [5, 5.41) is 0. The number of hydrogen-bond donors (Lipinski definition) is 2. The van der Waals surface area contributed by atoms with E-state index < -0.39 is 0 Å². The minimum absolute atomic E-state index is 0.0537. The molecule has 1 aromatic rings. The molecule has 1 heterocycles. The molecule has 3 N–H and O–H groups in total. The molecule has 1 aliphatic carbocycles. The van der Waals surface area contributed by atoms with Crippen molar-refractivity contribution in [1.29, 1.82) is 0 Å². The molecule has 20 heavy (non-hydrogen) atoms. The number of fused-ring (bicyclic) bond motifs is 1. The first kappa shape index (κ1) is 14.1. The Morgan fingerprint density at radius 3 is 2.50 bits per heavy atom. The highest BCUT2D eigenvalue weighted by Crippen LogP contribution is 2.35. The van der Waals surface area contributed by atoms with E-state index in [0.29, 0.717) is 0 Å². The molecule has 3 rings (SSSR count). The highest BCUT2D eigenvalue weighted by molar-refractivity contribution is 5.37. The average molecular weight is 273 g/mol. The zero-order chi connectivity index (χ0) is 14.2. The van der Waals surface area contributed by atoms with Crippen LogP contribution in [0.3, 0.4) is 0 Å². The van der Waals surface area contributed by atoms with Crippen LogP contribution in [0.1, 0.15) is 55.8 Å². The van der Waals surface area contributed by atoms with Crippen molar-refractivity contribution in [3.63, 3.8) is 0 Å². The maximum absolute atomic E-state index is 5.93. The van der Waals surface area contributed by atoms with Crippen molar-refractivity contribution in [3.05, 3.63) is 34.9 Å². The number of aryl methyl sites for hydroxylation is 2. The largest absolute Gasteiger partial charge is 0.296 e. The van der Waals surface area contributed by atoms with E-state index in [0.717, 1.165) is 0 Å². The molecule has 1 aromatic carbocycles. The van der Waals surface area contributed by atoms with Gasteiger partial charge in [-0.05, 0) is 75.7 Å². The number of nitrogens with one attached hydrogen (secondary N) is 1. The van der Waals surface area contributed by atoms with Crippen molar-refractivity contribution in [2.45, 2.75) is 57.5 Å². The second kappa shape index (κ2) is 5.47. The molecule has 0 aromatic heterocycles. The first-order chi connectivity index (χ1) is 9.63. The van der Waals surface area contributed by atoms with Crippen molar-refractivity contribution in [3.8, 4) is 0 Å². The summed E-state index contributed by atoms with van der Waals surface area (Å²) < 4.78 is 0. The van der Waals surface area contributed by atoms with Crippen LogP contribution in [0.5, 0.6) is 0 Å². The highest BCUT2D eigenvalue weighted by atomic mass is 15.3. The van der Waals surface area contributed by atoms with Crippen LogP contribution in [0.25, 0.3) is 0 Å². The Bertz CT molecular complexity index is 475. The third kappa shape index (κ3) is 2.39. The highest BCUT2D eigenvalue weighted by Gasteiger charge is 2.37. The predicted molar refractivity (Wildman–Crippen MR) is 83.4 cm³/mol. The van der Waals surface area contributed by atoms with E-state index in [1.54, 1.807) is 0 Å². The summed E-state index contributed by atoms with van der Waals surface area (Å²) in [5.74, 6) is 5.93. The molecule has 1 unspecified atom stereocenters. The number of hydrogen-bond acceptors (Lipinski definition) is 3. The molecule has 0 radical (unpaired) electrons. The van der Waals surface area contributed by atoms with Gasteiger partial charge in [-0.15, -0.1) is 0 Å². The summed E-state index contributed by atoms with van der Waals surface area (Å²) in [6.45, 7) is 7.01. The standard InChI is InChI=1S/C17H27N3/c1-17(2,20-10-3-4-11-20)16(19-18)15-9-8-13-6-5-7-14(13)12-15/h8-9,12,16,19H,3-7,10-11,18H2,1-2H3. The topological polar surface area (TPSA) is 41.3 Å². The monoisotopic (exact) mass is 273 g/mol. The molecule has 2 aliphatic rings. The predicted octanol–water partition coefficient (Wildman–Crippen LogP) is 2.55. The van der Waals surface area contributed by atoms with Crippen LogP contribution in [-0.4, -0.2) is 23.5 Å². The minimum atomic E-state index is 0.0537. The van der Waals surface area contributed by atoms with Gasteiger partial charge in [-0.1, -0.05) is 18.2 Å². The van der Waals surface area contributed by atoms with Crippen LogP contribution < -0.4 is 11.3 Å². The Kier molecular flexibility index (Phi) is 3.85. The lowest BCUT2D eigenvalue weighted by atomic mass is 9.86. The molecular formula is C17H27N3. The molecule has 1 aliphatic heterocycles. The second-order valence-corrected chi connectivity index (χ2v) is 6.83. The lowest BCUT2D eigenvalue weighted by Gasteiger charge is -2.42. The molecule has 3 heteroatoms. The quantitative estimate of drug-likeness (QED) is 0.654. The summed E-state index contributed by atoms with van der Waals surface area (Å²) in [4.78, 5) is 2.57. The van der Waals surface area contributed by atoms with Gasteiger partial charge in [0.05, 0.1) is 6.04 Å². The van der Waals surface area contributed by atoms with Crippen LogP contribution in [0.4, 0.5) is 0 Å². The van der Waals surface area contributed by atoms with E-state index in [-0.39, 0.29) is 11.6 Å². The van der Waals surface area contributed by atoms with E-state index in [9.17, 15) is 0 Å². The van der Waals surface area contributed by atoms with Crippen molar-refractivity contribution in [1.82, 2.24) is 10.3 Å². The number of benzene rings is 1. The van der Waals surface area contributed by atoms with E-state index >= 15 is 0 Å². The molecule has 1 fully saturated rings. The average Bonchev–Trinajstić information content (AvgIpc) is 3.10. The van der Waals surface area contributed by atoms with Crippen LogP contribution >= 0.6 is 0 Å². The van der Waals surface area contributed by atoms with Gasteiger partial charge in [0, 0.05) is 5.54 Å². The summed E-state index contributed by atoms with van der Waals surface area (Å²) in [5.41, 5.74) is 7.54. The van der Waals surface area contributed by atoms with Crippen molar-refractivity contribution in [2.24, 2.45) is 5.84 Å². The fourth-order valence-electron chi connectivity index (χ4n) is 3.96. The Hall–Kier alpha value is -0.900. The number of rotatable bonds is 4. The SMILES string of the molecule is CC(C)(C(NN)c1ccc2c(c1)CCC2)N1CCCC1. The molecule has 110 valence electrons. The van der Waals surface area contributed by atoms with E-state index in [1.807, 2.05) is 0 Å². The molecule has 0 bridgehead atoms. The van der Waals surface area contributed by atoms with Crippen LogP contribution in [0, 0.1) is 0 Å². The summed E-state index contributed by atoms with van der Waals surface area (Å²) in [7, 11) is 0. The summed E-state index contributed by atoms with van der Waals surface area (Å²) in [6, 6.07) is 7.14. The molecule has 0 amide bonds. The van der Waals surface area contributed by atoms with Gasteiger partial charge in [0.1, 0.15) is 0 Å². The number of likely N-dealkylation sites (tertiary alicyclic amines) is 1. The fraction of sp³-hybridized carbons (Fsp3) is 0.647. The Balaban J connectivity index is 1.88. The van der Waals surface area contributed by atoms with Gasteiger partial charge in [-0.2, -0.15) is 0 Å². The summed E-state index contributed by atoms with van der Waals surface area (Å²) in [6.07, 6.45) is 6.39. The van der Waals surface area contributed by atoms with E-state index in [4.69, 9.17) is 5.84 Å². The lowest BCUT2D eigenvalue weighted by Crippen LogP contribution is -2.53. The van der Waals surface area contributed by atoms with E-state index in [2.05, 4.69) is 42.4 Å². The minimum Gasteiger partial charge on any atom is -0.296 e. The Morgan fingerprint density at radius 2 is 1.80 bits per heavy atom. The van der Waals surface area contributed by atoms with Gasteiger partial charge in [0.25, 0.3) is 0 Å². The summed E-state index contributed by atoms with van der Waals surface area (Å²) >= 11 is 0. The molecule has 1 saturated heterocycles. The van der Waals surface area contributed by atoms with Crippen LogP contribution in [-0.2, 0) is 12.8 Å². The van der Waals surface area contributed by atoms with Crippen molar-refractivity contribution < 1.29 is 0 Å². The second-order valence-electron chi connectivity index (χ2n) is 6.83. The smallest absolute Gasteiger partial charge is 0.0638 e. The molecule has 1 atom stereocenters. The van der Waals surface area contributed by atoms with E-state index in [1.165, 1.54) is 61.9 Å². The lowest BCUT2D eigenvalue weighted by molar-refractivity contribution is 0.107. The van der Waals surface area contributed by atoms with Gasteiger partial charge < -0.3 is 0 Å². The number of nitrogens with two attached hydrogens (primary N) is 1. The van der Waals surface area contributed by atoms with Gasteiger partial charge in [0.15, 0.2) is 0 Å². The zero-order valence-corrected chi connectivity index (χ0v) is 12.8. The first-order valence-corrected chi connectivity index (χ1v) is 7.96. The van der Waals surface area contributed by atoms with Crippen LogP contribution in [0.15, 0.2) is 18.2 Å². The Labute approximate surface area is 122 Å². The van der Waals surface area contributed by atoms with Gasteiger partial charge >= 0.3 is 0 Å². The molecule has 0 spiro atoms. The normalized spacial score (nSPS) is 21.1. The molecule has 3 nitrogen and oxygen atoms in total. The Morgan fingerprint density at radius 1 is 1.10 bits per heavy atom. The maximum atomic E-state index is 5.93. The fourth-order valence-corrected chi connectivity index (χ4v) is 3.96. The third-order valence-corrected chi connectivity index (χ3v) is 5.25. The van der Waals surface area contributed by atoms with Crippen molar-refractivity contribution in [2.75, 3.05) is 13.1 Å². The zero-order valence-electron chi connectivity index (χ0n) is 12.8. The first-order valence-electron chi connectivity index (χ1n) is 7.96.